The van der Waals surface area contributed by atoms with Gasteiger partial charge in [0.25, 0.3) is 0 Å². The number of unbranched alkanes of at least 4 members (excludes halogenated alkanes) is 1. The van der Waals surface area contributed by atoms with Gasteiger partial charge in [0.15, 0.2) is 0 Å². The molecule has 0 aromatic heterocycles. The minimum Gasteiger partial charge on any atom is -0.393 e. The quantitative estimate of drug-likeness (QED) is 0.663. The molecule has 0 saturated carbocycles. The van der Waals surface area contributed by atoms with Crippen molar-refractivity contribution in [3.63, 3.8) is 0 Å². The van der Waals surface area contributed by atoms with Crippen LogP contribution in [0.2, 0.25) is 0 Å². The molecule has 1 atom stereocenters. The summed E-state index contributed by atoms with van der Waals surface area (Å²) < 4.78 is 0. The van der Waals surface area contributed by atoms with E-state index in [1.807, 2.05) is 0 Å². The molecule has 1 unspecified atom stereocenters. The third kappa shape index (κ3) is 2.19. The van der Waals surface area contributed by atoms with Gasteiger partial charge in [0.05, 0.1) is 12.8 Å². The molecule has 72 valence electrons. The van der Waals surface area contributed by atoms with Crippen LogP contribution >= 0.6 is 0 Å². The van der Waals surface area contributed by atoms with Crippen molar-refractivity contribution in [2.45, 2.75) is 25.9 Å². The van der Waals surface area contributed by atoms with Crippen LogP contribution in [0.3, 0.4) is 0 Å². The minimum absolute atomic E-state index is 0.264. The molecule has 0 spiro atoms. The average Bonchev–Trinajstić information content (AvgIpc) is 2.43. The van der Waals surface area contributed by atoms with Gasteiger partial charge < -0.3 is 5.11 Å². The van der Waals surface area contributed by atoms with E-state index in [2.05, 4.69) is 23.8 Å². The van der Waals surface area contributed by atoms with E-state index in [4.69, 9.17) is 5.11 Å². The Morgan fingerprint density at radius 3 is 2.75 bits per heavy atom. The Morgan fingerprint density at radius 1 is 1.42 bits per heavy atom. The van der Waals surface area contributed by atoms with E-state index in [1.165, 1.54) is 12.8 Å². The second-order valence-electron chi connectivity index (χ2n) is 3.53. The van der Waals surface area contributed by atoms with Crippen molar-refractivity contribution in [1.82, 2.24) is 9.80 Å². The largest absolute Gasteiger partial charge is 0.393 e. The van der Waals surface area contributed by atoms with Crippen molar-refractivity contribution in [2.24, 2.45) is 0 Å². The highest BCUT2D eigenvalue weighted by Crippen LogP contribution is 2.12. The number of aliphatic hydroxyl groups is 1. The molecule has 0 aliphatic carbocycles. The standard InChI is InChI=1S/C9H20N2O/c1-3-4-5-11-7-6-10(2)9(11)8-12/h9,12H,3-8H2,1-2H3. The van der Waals surface area contributed by atoms with Gasteiger partial charge in [-0.05, 0) is 20.0 Å². The van der Waals surface area contributed by atoms with E-state index in [1.54, 1.807) is 0 Å². The molecule has 1 aliphatic heterocycles. The molecule has 12 heavy (non-hydrogen) atoms. The summed E-state index contributed by atoms with van der Waals surface area (Å²) in [6.45, 7) is 5.80. The highest BCUT2D eigenvalue weighted by molar-refractivity contribution is 4.78. The summed E-state index contributed by atoms with van der Waals surface area (Å²) in [5.74, 6) is 0. The van der Waals surface area contributed by atoms with Gasteiger partial charge in [-0.15, -0.1) is 0 Å². The number of likely N-dealkylation sites (N-methyl/N-ethyl adjacent to an activating group) is 1. The Morgan fingerprint density at radius 2 is 2.17 bits per heavy atom. The van der Waals surface area contributed by atoms with E-state index in [0.29, 0.717) is 0 Å². The molecular formula is C9H20N2O. The van der Waals surface area contributed by atoms with Crippen LogP contribution < -0.4 is 0 Å². The molecule has 1 N–H and O–H groups in total. The van der Waals surface area contributed by atoms with Gasteiger partial charge in [-0.3, -0.25) is 9.80 Å². The van der Waals surface area contributed by atoms with Crippen LogP contribution in [0.4, 0.5) is 0 Å². The molecule has 3 heteroatoms. The number of nitrogens with zero attached hydrogens (tertiary/aromatic N) is 2. The summed E-state index contributed by atoms with van der Waals surface area (Å²) in [4.78, 5) is 4.58. The van der Waals surface area contributed by atoms with Crippen LogP contribution in [0.15, 0.2) is 0 Å². The van der Waals surface area contributed by atoms with Gasteiger partial charge in [-0.25, -0.2) is 0 Å². The first-order valence-electron chi connectivity index (χ1n) is 4.84. The predicted octanol–water partition coefficient (Wildman–Crippen LogP) is 0.352. The van der Waals surface area contributed by atoms with E-state index >= 15 is 0 Å². The normalized spacial score (nSPS) is 26.8. The van der Waals surface area contributed by atoms with E-state index in [0.717, 1.165) is 19.6 Å². The predicted molar refractivity (Wildman–Crippen MR) is 50.0 cm³/mol. The first kappa shape index (κ1) is 9.96. The zero-order chi connectivity index (χ0) is 8.97. The molecule has 1 saturated heterocycles. The fourth-order valence-electron chi connectivity index (χ4n) is 1.74. The Hall–Kier alpha value is -0.120. The lowest BCUT2D eigenvalue weighted by Gasteiger charge is -2.25. The molecule has 0 bridgehead atoms. The lowest BCUT2D eigenvalue weighted by molar-refractivity contribution is 0.0850. The van der Waals surface area contributed by atoms with Crippen LogP contribution in [-0.2, 0) is 0 Å². The van der Waals surface area contributed by atoms with Crippen molar-refractivity contribution in [3.05, 3.63) is 0 Å². The SMILES string of the molecule is CCCCN1CCN(C)C1CO. The van der Waals surface area contributed by atoms with E-state index < -0.39 is 0 Å². The Kier molecular flexibility index (Phi) is 3.98. The van der Waals surface area contributed by atoms with E-state index in [-0.39, 0.29) is 12.8 Å². The van der Waals surface area contributed by atoms with Gasteiger partial charge in [0.1, 0.15) is 0 Å². The van der Waals surface area contributed by atoms with Gasteiger partial charge in [-0.1, -0.05) is 13.3 Å². The van der Waals surface area contributed by atoms with Crippen LogP contribution in [-0.4, -0.2) is 54.4 Å². The fourth-order valence-corrected chi connectivity index (χ4v) is 1.74. The molecule has 0 amide bonds. The van der Waals surface area contributed by atoms with Crippen LogP contribution in [0.1, 0.15) is 19.8 Å². The van der Waals surface area contributed by atoms with Crippen molar-refractivity contribution in [3.8, 4) is 0 Å². The number of hydrogen-bond donors (Lipinski definition) is 1. The molecule has 1 heterocycles. The van der Waals surface area contributed by atoms with Gasteiger partial charge in [0, 0.05) is 13.1 Å². The third-order valence-corrected chi connectivity index (χ3v) is 2.63. The number of rotatable bonds is 4. The first-order valence-corrected chi connectivity index (χ1v) is 4.84. The van der Waals surface area contributed by atoms with Crippen LogP contribution in [0, 0.1) is 0 Å². The summed E-state index contributed by atoms with van der Waals surface area (Å²) in [5, 5.41) is 9.12. The topological polar surface area (TPSA) is 26.7 Å². The monoisotopic (exact) mass is 172 g/mol. The maximum absolute atomic E-state index is 9.12. The van der Waals surface area contributed by atoms with E-state index in [9.17, 15) is 0 Å². The van der Waals surface area contributed by atoms with Gasteiger partial charge in [-0.2, -0.15) is 0 Å². The maximum atomic E-state index is 9.12. The molecular weight excluding hydrogens is 152 g/mol. The highest BCUT2D eigenvalue weighted by atomic mass is 16.3. The number of aliphatic hydroxyl groups excluding tert-OH is 1. The van der Waals surface area contributed by atoms with Gasteiger partial charge >= 0.3 is 0 Å². The summed E-state index contributed by atoms with van der Waals surface area (Å²) in [6, 6.07) is 0. The average molecular weight is 172 g/mol. The summed E-state index contributed by atoms with van der Waals surface area (Å²) in [6.07, 6.45) is 2.75. The molecule has 1 fully saturated rings. The Labute approximate surface area is 75.0 Å². The maximum Gasteiger partial charge on any atom is 0.0859 e. The zero-order valence-electron chi connectivity index (χ0n) is 8.16. The second kappa shape index (κ2) is 4.80. The highest BCUT2D eigenvalue weighted by Gasteiger charge is 2.27. The summed E-state index contributed by atoms with van der Waals surface area (Å²) >= 11 is 0. The Balaban J connectivity index is 2.32. The van der Waals surface area contributed by atoms with Crippen molar-refractivity contribution in [2.75, 3.05) is 33.3 Å². The first-order chi connectivity index (χ1) is 5.79. The zero-order valence-corrected chi connectivity index (χ0v) is 8.16. The van der Waals surface area contributed by atoms with Crippen molar-refractivity contribution >= 4 is 0 Å². The van der Waals surface area contributed by atoms with Crippen molar-refractivity contribution < 1.29 is 5.11 Å². The molecule has 0 aromatic rings. The molecule has 0 radical (unpaired) electrons. The smallest absolute Gasteiger partial charge is 0.0859 e. The Bertz CT molecular complexity index is 130. The minimum atomic E-state index is 0.264. The molecule has 1 aliphatic rings. The van der Waals surface area contributed by atoms with Crippen LogP contribution in [0.25, 0.3) is 0 Å². The van der Waals surface area contributed by atoms with Crippen LogP contribution in [0.5, 0.6) is 0 Å². The lowest BCUT2D eigenvalue weighted by Crippen LogP contribution is -2.40. The molecule has 3 nitrogen and oxygen atoms in total. The summed E-state index contributed by atoms with van der Waals surface area (Å²) in [7, 11) is 2.08. The van der Waals surface area contributed by atoms with Gasteiger partial charge in [0.2, 0.25) is 0 Å². The second-order valence-corrected chi connectivity index (χ2v) is 3.53. The molecule has 0 aromatic carbocycles. The number of hydrogen-bond acceptors (Lipinski definition) is 3. The molecule has 1 rings (SSSR count). The third-order valence-electron chi connectivity index (χ3n) is 2.63. The fraction of sp³-hybridized carbons (Fsp3) is 1.00. The summed E-state index contributed by atoms with van der Waals surface area (Å²) in [5.41, 5.74) is 0. The van der Waals surface area contributed by atoms with Crippen molar-refractivity contribution in [1.29, 1.82) is 0 Å². The lowest BCUT2D eigenvalue weighted by atomic mass is 10.3.